The third-order valence-corrected chi connectivity index (χ3v) is 0.580. The quantitative estimate of drug-likeness (QED) is 0.497. The molecule has 1 radical (unpaired) electrons. The standard InChI is InChI=1S/C5H5O.Ni/c1-5-3-2-4-6-5;/h2-4H,1H2;. The average Bonchev–Trinajstić information content (AvgIpc) is 1.86. The summed E-state index contributed by atoms with van der Waals surface area (Å²) >= 11 is 0. The first kappa shape index (κ1) is 6.77. The minimum absolute atomic E-state index is 0. The molecule has 41 valence electrons. The molecule has 0 amide bonds. The van der Waals surface area contributed by atoms with E-state index in [0.29, 0.717) is 0 Å². The van der Waals surface area contributed by atoms with E-state index in [1.807, 2.05) is 6.07 Å². The summed E-state index contributed by atoms with van der Waals surface area (Å²) in [7, 11) is 0. The molecule has 1 aromatic heterocycles. The van der Waals surface area contributed by atoms with Crippen molar-refractivity contribution in [1.29, 1.82) is 0 Å². The minimum atomic E-state index is 0. The fourth-order valence-corrected chi connectivity index (χ4v) is 0.313. The SMILES string of the molecule is [CH2]c1ccco1.[Ni]. The van der Waals surface area contributed by atoms with Crippen molar-refractivity contribution in [2.75, 3.05) is 0 Å². The van der Waals surface area contributed by atoms with E-state index in [0.717, 1.165) is 5.76 Å². The Morgan fingerprint density at radius 3 is 2.43 bits per heavy atom. The molecular weight excluding hydrogens is 135 g/mol. The van der Waals surface area contributed by atoms with Gasteiger partial charge in [-0.25, -0.2) is 0 Å². The van der Waals surface area contributed by atoms with Crippen LogP contribution in [0, 0.1) is 6.92 Å². The van der Waals surface area contributed by atoms with Gasteiger partial charge in [0, 0.05) is 23.4 Å². The molecule has 0 atom stereocenters. The van der Waals surface area contributed by atoms with Crippen LogP contribution < -0.4 is 0 Å². The van der Waals surface area contributed by atoms with Gasteiger partial charge in [-0.15, -0.1) is 0 Å². The van der Waals surface area contributed by atoms with E-state index in [4.69, 9.17) is 4.42 Å². The first-order valence-electron chi connectivity index (χ1n) is 1.75. The predicted octanol–water partition coefficient (Wildman–Crippen LogP) is 1.46. The van der Waals surface area contributed by atoms with Gasteiger partial charge in [0.25, 0.3) is 0 Å². The van der Waals surface area contributed by atoms with Gasteiger partial charge < -0.3 is 4.42 Å². The molecule has 0 unspecified atom stereocenters. The van der Waals surface area contributed by atoms with Crippen molar-refractivity contribution in [3.8, 4) is 0 Å². The Kier molecular flexibility index (Phi) is 2.77. The first-order valence-corrected chi connectivity index (χ1v) is 1.75. The molecule has 2 heteroatoms. The van der Waals surface area contributed by atoms with Crippen molar-refractivity contribution in [2.24, 2.45) is 0 Å². The molecule has 0 spiro atoms. The van der Waals surface area contributed by atoms with Crippen LogP contribution in [-0.4, -0.2) is 0 Å². The van der Waals surface area contributed by atoms with Gasteiger partial charge in [-0.05, 0) is 12.1 Å². The van der Waals surface area contributed by atoms with Crippen LogP contribution in [-0.2, 0) is 16.5 Å². The Bertz CT molecular complexity index is 112. The van der Waals surface area contributed by atoms with Crippen molar-refractivity contribution in [3.63, 3.8) is 0 Å². The number of hydrogen-bond donors (Lipinski definition) is 0. The van der Waals surface area contributed by atoms with Crippen LogP contribution in [0.25, 0.3) is 0 Å². The molecule has 7 heavy (non-hydrogen) atoms. The summed E-state index contributed by atoms with van der Waals surface area (Å²) in [6.45, 7) is 3.51. The molecule has 0 bridgehead atoms. The number of furan rings is 1. The second kappa shape index (κ2) is 2.87. The Balaban J connectivity index is 0.000000360. The van der Waals surface area contributed by atoms with Crippen LogP contribution >= 0.6 is 0 Å². The van der Waals surface area contributed by atoms with Crippen LogP contribution in [0.1, 0.15) is 5.76 Å². The molecule has 0 saturated heterocycles. The van der Waals surface area contributed by atoms with E-state index in [1.165, 1.54) is 0 Å². The van der Waals surface area contributed by atoms with E-state index in [2.05, 4.69) is 6.92 Å². The molecule has 0 aromatic carbocycles. The fourth-order valence-electron chi connectivity index (χ4n) is 0.313. The average molecular weight is 140 g/mol. The number of hydrogen-bond acceptors (Lipinski definition) is 1. The van der Waals surface area contributed by atoms with E-state index < -0.39 is 0 Å². The number of rotatable bonds is 0. The van der Waals surface area contributed by atoms with Gasteiger partial charge in [0.15, 0.2) is 0 Å². The third-order valence-electron chi connectivity index (χ3n) is 0.580. The van der Waals surface area contributed by atoms with Crippen molar-refractivity contribution in [2.45, 2.75) is 0 Å². The summed E-state index contributed by atoms with van der Waals surface area (Å²) in [5.41, 5.74) is 0. The summed E-state index contributed by atoms with van der Waals surface area (Å²) in [6.07, 6.45) is 1.60. The van der Waals surface area contributed by atoms with Crippen LogP contribution in [0.3, 0.4) is 0 Å². The molecule has 0 aliphatic heterocycles. The molecule has 1 aromatic rings. The van der Waals surface area contributed by atoms with Crippen molar-refractivity contribution in [3.05, 3.63) is 31.1 Å². The third kappa shape index (κ3) is 1.79. The molecule has 1 nitrogen and oxygen atoms in total. The molecule has 0 aliphatic carbocycles. The molecule has 0 aliphatic rings. The van der Waals surface area contributed by atoms with Gasteiger partial charge in [0.1, 0.15) is 5.76 Å². The van der Waals surface area contributed by atoms with E-state index in [1.54, 1.807) is 12.3 Å². The van der Waals surface area contributed by atoms with Gasteiger partial charge in [0.2, 0.25) is 0 Å². The van der Waals surface area contributed by atoms with E-state index >= 15 is 0 Å². The van der Waals surface area contributed by atoms with Gasteiger partial charge >= 0.3 is 0 Å². The Hall–Kier alpha value is -0.226. The normalized spacial score (nSPS) is 7.57. The Morgan fingerprint density at radius 1 is 1.57 bits per heavy atom. The van der Waals surface area contributed by atoms with Gasteiger partial charge in [-0.2, -0.15) is 0 Å². The Morgan fingerprint density at radius 2 is 2.29 bits per heavy atom. The monoisotopic (exact) mass is 139 g/mol. The molecule has 1 rings (SSSR count). The van der Waals surface area contributed by atoms with E-state index in [9.17, 15) is 0 Å². The fraction of sp³-hybridized carbons (Fsp3) is 0. The second-order valence-electron chi connectivity index (χ2n) is 1.08. The molecule has 1 heterocycles. The summed E-state index contributed by atoms with van der Waals surface area (Å²) in [5, 5.41) is 0. The van der Waals surface area contributed by atoms with Crippen LogP contribution in [0.5, 0.6) is 0 Å². The molecule has 0 N–H and O–H groups in total. The molecule has 0 fully saturated rings. The van der Waals surface area contributed by atoms with Crippen LogP contribution in [0.15, 0.2) is 22.8 Å². The smallest absolute Gasteiger partial charge is 0.104 e. The topological polar surface area (TPSA) is 13.1 Å². The largest absolute Gasteiger partial charge is 0.469 e. The summed E-state index contributed by atoms with van der Waals surface area (Å²) in [5.74, 6) is 0.718. The summed E-state index contributed by atoms with van der Waals surface area (Å²) < 4.78 is 4.72. The zero-order chi connectivity index (χ0) is 4.41. The zero-order valence-corrected chi connectivity index (χ0v) is 4.65. The second-order valence-corrected chi connectivity index (χ2v) is 1.08. The maximum atomic E-state index is 4.72. The zero-order valence-electron chi connectivity index (χ0n) is 3.66. The summed E-state index contributed by atoms with van der Waals surface area (Å²) in [4.78, 5) is 0. The van der Waals surface area contributed by atoms with Gasteiger partial charge in [0.05, 0.1) is 6.26 Å². The van der Waals surface area contributed by atoms with Crippen LogP contribution in [0.2, 0.25) is 0 Å². The maximum absolute atomic E-state index is 4.72. The van der Waals surface area contributed by atoms with Crippen molar-refractivity contribution >= 4 is 0 Å². The Labute approximate surface area is 52.6 Å². The molecular formula is C5H5NiO. The van der Waals surface area contributed by atoms with Gasteiger partial charge in [-0.3, -0.25) is 0 Å². The van der Waals surface area contributed by atoms with E-state index in [-0.39, 0.29) is 16.5 Å². The van der Waals surface area contributed by atoms with Crippen LogP contribution in [0.4, 0.5) is 0 Å². The summed E-state index contributed by atoms with van der Waals surface area (Å²) in [6, 6.07) is 3.61. The maximum Gasteiger partial charge on any atom is 0.104 e. The predicted molar refractivity (Wildman–Crippen MR) is 23.2 cm³/mol. The minimum Gasteiger partial charge on any atom is -0.469 e. The van der Waals surface area contributed by atoms with Crippen molar-refractivity contribution < 1.29 is 20.9 Å². The molecule has 0 saturated carbocycles. The first-order chi connectivity index (χ1) is 2.89. The van der Waals surface area contributed by atoms with Crippen molar-refractivity contribution in [1.82, 2.24) is 0 Å². The van der Waals surface area contributed by atoms with Gasteiger partial charge in [-0.1, -0.05) is 0 Å².